The highest BCUT2D eigenvalue weighted by Crippen LogP contribution is 2.33. The third kappa shape index (κ3) is 3.22. The molecule has 1 fully saturated rings. The van der Waals surface area contributed by atoms with E-state index in [1.165, 1.54) is 29.5 Å². The first-order valence-electron chi connectivity index (χ1n) is 6.55. The van der Waals surface area contributed by atoms with E-state index in [-0.39, 0.29) is 6.61 Å². The Labute approximate surface area is 104 Å². The van der Waals surface area contributed by atoms with Gasteiger partial charge >= 0.3 is 0 Å². The quantitative estimate of drug-likeness (QED) is 0.820. The van der Waals surface area contributed by atoms with E-state index in [1.54, 1.807) is 0 Å². The van der Waals surface area contributed by atoms with Crippen LogP contribution in [0.5, 0.6) is 5.75 Å². The summed E-state index contributed by atoms with van der Waals surface area (Å²) in [5.74, 6) is 1.84. The average Bonchev–Trinajstić information content (AvgIpc) is 3.13. The van der Waals surface area contributed by atoms with Crippen LogP contribution in [0.3, 0.4) is 0 Å². The highest BCUT2D eigenvalue weighted by Gasteiger charge is 2.22. The predicted molar refractivity (Wildman–Crippen MR) is 69.5 cm³/mol. The van der Waals surface area contributed by atoms with E-state index < -0.39 is 0 Å². The number of hydrogen-bond acceptors (Lipinski definition) is 2. The summed E-state index contributed by atoms with van der Waals surface area (Å²) in [5, 5.41) is 8.93. The molecule has 0 heterocycles. The number of rotatable bonds is 6. The smallest absolute Gasteiger partial charge is 0.125 e. The normalized spacial score (nSPS) is 15.0. The van der Waals surface area contributed by atoms with Crippen LogP contribution >= 0.6 is 0 Å². The van der Waals surface area contributed by atoms with Crippen LogP contribution in [0.2, 0.25) is 0 Å². The summed E-state index contributed by atoms with van der Waals surface area (Å²) < 4.78 is 5.99. The van der Waals surface area contributed by atoms with Gasteiger partial charge in [-0.05, 0) is 62.1 Å². The Balaban J connectivity index is 2.13. The molecule has 0 aliphatic heterocycles. The van der Waals surface area contributed by atoms with Gasteiger partial charge in [0.05, 0.1) is 6.61 Å². The number of aliphatic hydroxyl groups is 1. The van der Waals surface area contributed by atoms with Gasteiger partial charge in [0.25, 0.3) is 0 Å². The Hall–Kier alpha value is -1.02. The Morgan fingerprint density at radius 1 is 1.29 bits per heavy atom. The van der Waals surface area contributed by atoms with Crippen molar-refractivity contribution in [2.75, 3.05) is 13.2 Å². The SMILES string of the molecule is Cc1ccc(CCCO)c(OCC2CC2)c1C. The molecule has 17 heavy (non-hydrogen) atoms. The van der Waals surface area contributed by atoms with E-state index >= 15 is 0 Å². The summed E-state index contributed by atoms with van der Waals surface area (Å²) in [6, 6.07) is 4.28. The van der Waals surface area contributed by atoms with Crippen molar-refractivity contribution in [3.05, 3.63) is 28.8 Å². The molecule has 0 saturated heterocycles. The van der Waals surface area contributed by atoms with Gasteiger partial charge in [0.2, 0.25) is 0 Å². The molecule has 0 bridgehead atoms. The highest BCUT2D eigenvalue weighted by atomic mass is 16.5. The minimum atomic E-state index is 0.245. The molecule has 1 aliphatic rings. The van der Waals surface area contributed by atoms with Gasteiger partial charge in [0.15, 0.2) is 0 Å². The van der Waals surface area contributed by atoms with Crippen molar-refractivity contribution in [3.63, 3.8) is 0 Å². The van der Waals surface area contributed by atoms with Gasteiger partial charge < -0.3 is 9.84 Å². The van der Waals surface area contributed by atoms with Gasteiger partial charge in [-0.3, -0.25) is 0 Å². The fourth-order valence-corrected chi connectivity index (χ4v) is 2.00. The summed E-state index contributed by atoms with van der Waals surface area (Å²) in [5.41, 5.74) is 3.77. The largest absolute Gasteiger partial charge is 0.493 e. The molecule has 1 N–H and O–H groups in total. The summed E-state index contributed by atoms with van der Waals surface area (Å²) in [6.45, 7) is 5.35. The molecule has 0 unspecified atom stereocenters. The zero-order chi connectivity index (χ0) is 12.3. The Bertz CT molecular complexity index is 381. The molecule has 2 nitrogen and oxygen atoms in total. The molecular weight excluding hydrogens is 212 g/mol. The van der Waals surface area contributed by atoms with Gasteiger partial charge in [-0.25, -0.2) is 0 Å². The van der Waals surface area contributed by atoms with Gasteiger partial charge in [-0.1, -0.05) is 12.1 Å². The molecule has 2 heteroatoms. The summed E-state index contributed by atoms with van der Waals surface area (Å²) in [7, 11) is 0. The molecule has 1 aromatic rings. The lowest BCUT2D eigenvalue weighted by Crippen LogP contribution is -2.05. The Kier molecular flexibility index (Phi) is 4.06. The number of hydrogen-bond donors (Lipinski definition) is 1. The molecule has 0 amide bonds. The van der Waals surface area contributed by atoms with Crippen molar-refractivity contribution < 1.29 is 9.84 Å². The second-order valence-electron chi connectivity index (χ2n) is 5.08. The van der Waals surface area contributed by atoms with Crippen molar-refractivity contribution in [3.8, 4) is 5.75 Å². The average molecular weight is 234 g/mol. The lowest BCUT2D eigenvalue weighted by atomic mass is 10.0. The van der Waals surface area contributed by atoms with Gasteiger partial charge in [0.1, 0.15) is 5.75 Å². The minimum absolute atomic E-state index is 0.245. The van der Waals surface area contributed by atoms with Crippen molar-refractivity contribution in [2.45, 2.75) is 39.5 Å². The topological polar surface area (TPSA) is 29.5 Å². The van der Waals surface area contributed by atoms with Crippen LogP contribution in [-0.2, 0) is 6.42 Å². The monoisotopic (exact) mass is 234 g/mol. The van der Waals surface area contributed by atoms with Crippen LogP contribution in [0.4, 0.5) is 0 Å². The third-order valence-corrected chi connectivity index (χ3v) is 3.52. The summed E-state index contributed by atoms with van der Waals surface area (Å²) >= 11 is 0. The molecule has 94 valence electrons. The number of ether oxygens (including phenoxy) is 1. The van der Waals surface area contributed by atoms with Crippen LogP contribution in [-0.4, -0.2) is 18.3 Å². The number of benzene rings is 1. The van der Waals surface area contributed by atoms with Crippen LogP contribution in [0.15, 0.2) is 12.1 Å². The third-order valence-electron chi connectivity index (χ3n) is 3.52. The van der Waals surface area contributed by atoms with Crippen LogP contribution in [0.1, 0.15) is 36.0 Å². The zero-order valence-corrected chi connectivity index (χ0v) is 10.8. The van der Waals surface area contributed by atoms with Crippen molar-refractivity contribution >= 4 is 0 Å². The van der Waals surface area contributed by atoms with E-state index in [0.717, 1.165) is 31.1 Å². The Morgan fingerprint density at radius 2 is 2.06 bits per heavy atom. The minimum Gasteiger partial charge on any atom is -0.493 e. The van der Waals surface area contributed by atoms with Crippen LogP contribution in [0, 0.1) is 19.8 Å². The second-order valence-corrected chi connectivity index (χ2v) is 5.08. The molecular formula is C15H22O2. The first kappa shape index (κ1) is 12.4. The van der Waals surface area contributed by atoms with Gasteiger partial charge in [0, 0.05) is 6.61 Å². The lowest BCUT2D eigenvalue weighted by Gasteiger charge is -2.15. The van der Waals surface area contributed by atoms with Crippen molar-refractivity contribution in [1.29, 1.82) is 0 Å². The van der Waals surface area contributed by atoms with E-state index in [0.29, 0.717) is 0 Å². The molecule has 0 atom stereocenters. The molecule has 0 radical (unpaired) electrons. The zero-order valence-electron chi connectivity index (χ0n) is 10.8. The maximum atomic E-state index is 8.93. The standard InChI is InChI=1S/C15H22O2/c1-11-5-8-14(4-3-9-16)15(12(11)2)17-10-13-6-7-13/h5,8,13,16H,3-4,6-7,9-10H2,1-2H3. The lowest BCUT2D eigenvalue weighted by molar-refractivity contribution is 0.281. The van der Waals surface area contributed by atoms with E-state index in [4.69, 9.17) is 9.84 Å². The molecule has 1 saturated carbocycles. The summed E-state index contributed by atoms with van der Waals surface area (Å²) in [6.07, 6.45) is 4.34. The molecule has 1 aromatic carbocycles. The van der Waals surface area contributed by atoms with E-state index in [1.807, 2.05) is 0 Å². The van der Waals surface area contributed by atoms with E-state index in [2.05, 4.69) is 26.0 Å². The highest BCUT2D eigenvalue weighted by molar-refractivity contribution is 5.45. The van der Waals surface area contributed by atoms with Crippen LogP contribution in [0.25, 0.3) is 0 Å². The molecule has 2 rings (SSSR count). The van der Waals surface area contributed by atoms with Crippen molar-refractivity contribution in [1.82, 2.24) is 0 Å². The first-order chi connectivity index (χ1) is 8.22. The predicted octanol–water partition coefficient (Wildman–Crippen LogP) is 3.02. The fourth-order valence-electron chi connectivity index (χ4n) is 2.00. The maximum Gasteiger partial charge on any atom is 0.125 e. The summed E-state index contributed by atoms with van der Waals surface area (Å²) in [4.78, 5) is 0. The molecule has 1 aliphatic carbocycles. The van der Waals surface area contributed by atoms with E-state index in [9.17, 15) is 0 Å². The van der Waals surface area contributed by atoms with Gasteiger partial charge in [-0.2, -0.15) is 0 Å². The number of aliphatic hydroxyl groups excluding tert-OH is 1. The Morgan fingerprint density at radius 3 is 2.71 bits per heavy atom. The molecule has 0 aromatic heterocycles. The first-order valence-corrected chi connectivity index (χ1v) is 6.55. The van der Waals surface area contributed by atoms with Gasteiger partial charge in [-0.15, -0.1) is 0 Å². The second kappa shape index (κ2) is 5.54. The molecule has 0 spiro atoms. The number of aryl methyl sites for hydroxylation is 2. The van der Waals surface area contributed by atoms with Crippen molar-refractivity contribution in [2.24, 2.45) is 5.92 Å². The maximum absolute atomic E-state index is 8.93. The fraction of sp³-hybridized carbons (Fsp3) is 0.600. The van der Waals surface area contributed by atoms with Crippen LogP contribution < -0.4 is 4.74 Å².